The highest BCUT2D eigenvalue weighted by molar-refractivity contribution is 5.93. The van der Waals surface area contributed by atoms with Crippen LogP contribution < -0.4 is 0 Å². The fourth-order valence-corrected chi connectivity index (χ4v) is 1.41. The summed E-state index contributed by atoms with van der Waals surface area (Å²) in [6.07, 6.45) is 1.92. The van der Waals surface area contributed by atoms with Crippen molar-refractivity contribution in [2.24, 2.45) is 0 Å². The van der Waals surface area contributed by atoms with Crippen LogP contribution in [0.25, 0.3) is 16.4 Å². The molecule has 3 aromatic rings. The molecule has 3 nitrogen and oxygen atoms in total. The van der Waals surface area contributed by atoms with Gasteiger partial charge in [-0.1, -0.05) is 17.3 Å². The van der Waals surface area contributed by atoms with E-state index in [1.54, 1.807) is 4.52 Å². The van der Waals surface area contributed by atoms with Crippen molar-refractivity contribution in [1.29, 1.82) is 0 Å². The Morgan fingerprint density at radius 1 is 1.18 bits per heavy atom. The third kappa shape index (κ3) is 0.487. The molecule has 0 spiro atoms. The van der Waals surface area contributed by atoms with Crippen molar-refractivity contribution in [2.75, 3.05) is 0 Å². The predicted octanol–water partition coefficient (Wildman–Crippen LogP) is 1.32. The average Bonchev–Trinajstić information content (AvgIpc) is 2.60. The summed E-state index contributed by atoms with van der Waals surface area (Å²) in [6, 6.07) is 8.06. The quantitative estimate of drug-likeness (QED) is 0.475. The predicted molar refractivity (Wildman–Crippen MR) is 41.7 cm³/mol. The Morgan fingerprint density at radius 2 is 2.18 bits per heavy atom. The molecule has 0 fully saturated rings. The summed E-state index contributed by atoms with van der Waals surface area (Å²) in [7, 11) is 0. The van der Waals surface area contributed by atoms with Crippen molar-refractivity contribution >= 4 is 16.4 Å². The SMILES string of the molecule is c1cc2ccn3nnc(c1)c23. The van der Waals surface area contributed by atoms with Gasteiger partial charge in [0.25, 0.3) is 0 Å². The largest absolute Gasteiger partial charge is 0.219 e. The van der Waals surface area contributed by atoms with Crippen LogP contribution in [-0.2, 0) is 0 Å². The fourth-order valence-electron chi connectivity index (χ4n) is 1.41. The minimum atomic E-state index is 0.965. The van der Waals surface area contributed by atoms with E-state index in [2.05, 4.69) is 16.4 Å². The van der Waals surface area contributed by atoms with Crippen LogP contribution in [0.2, 0.25) is 0 Å². The van der Waals surface area contributed by atoms with Gasteiger partial charge in [0.15, 0.2) is 0 Å². The van der Waals surface area contributed by atoms with Gasteiger partial charge in [-0.3, -0.25) is 0 Å². The number of nitrogens with zero attached hydrogens (tertiary/aromatic N) is 3. The van der Waals surface area contributed by atoms with E-state index < -0.39 is 0 Å². The first kappa shape index (κ1) is 5.07. The van der Waals surface area contributed by atoms with Crippen molar-refractivity contribution in [3.63, 3.8) is 0 Å². The van der Waals surface area contributed by atoms with Crippen LogP contribution in [0.15, 0.2) is 30.5 Å². The summed E-state index contributed by atoms with van der Waals surface area (Å²) < 4.78 is 1.80. The van der Waals surface area contributed by atoms with Crippen LogP contribution >= 0.6 is 0 Å². The molecule has 52 valence electrons. The lowest BCUT2D eigenvalue weighted by atomic mass is 10.2. The highest BCUT2D eigenvalue weighted by Gasteiger charge is 2.03. The van der Waals surface area contributed by atoms with E-state index in [0.29, 0.717) is 0 Å². The molecule has 0 N–H and O–H groups in total. The molecule has 0 saturated carbocycles. The Kier molecular flexibility index (Phi) is 0.692. The molecule has 0 unspecified atom stereocenters. The number of rotatable bonds is 0. The molecule has 0 saturated heterocycles. The summed E-state index contributed by atoms with van der Waals surface area (Å²) in [5.74, 6) is 0. The van der Waals surface area contributed by atoms with Gasteiger partial charge in [0.05, 0.1) is 0 Å². The van der Waals surface area contributed by atoms with Gasteiger partial charge in [-0.15, -0.1) is 5.10 Å². The zero-order valence-electron chi connectivity index (χ0n) is 5.73. The van der Waals surface area contributed by atoms with Gasteiger partial charge < -0.3 is 0 Å². The maximum absolute atomic E-state index is 3.99. The molecule has 0 radical (unpaired) electrons. The lowest BCUT2D eigenvalue weighted by molar-refractivity contribution is 0.869. The van der Waals surface area contributed by atoms with Gasteiger partial charge >= 0.3 is 0 Å². The monoisotopic (exact) mass is 143 g/mol. The summed E-state index contributed by atoms with van der Waals surface area (Å²) in [4.78, 5) is 0. The third-order valence-electron chi connectivity index (χ3n) is 1.92. The molecule has 2 heterocycles. The molecule has 0 atom stereocenters. The number of hydrogen-bond donors (Lipinski definition) is 0. The highest BCUT2D eigenvalue weighted by atomic mass is 15.4. The molecule has 1 aromatic carbocycles. The molecule has 3 rings (SSSR count). The van der Waals surface area contributed by atoms with Gasteiger partial charge in [-0.2, -0.15) is 0 Å². The van der Waals surface area contributed by atoms with E-state index in [9.17, 15) is 0 Å². The molecular formula is C8H5N3. The van der Waals surface area contributed by atoms with Crippen LogP contribution in [0.3, 0.4) is 0 Å². The summed E-state index contributed by atoms with van der Waals surface area (Å²) >= 11 is 0. The van der Waals surface area contributed by atoms with Gasteiger partial charge in [0, 0.05) is 11.6 Å². The molecule has 0 amide bonds. The first-order valence-electron chi connectivity index (χ1n) is 3.47. The van der Waals surface area contributed by atoms with Crippen LogP contribution in [0, 0.1) is 0 Å². The minimum Gasteiger partial charge on any atom is -0.219 e. The first-order chi connectivity index (χ1) is 5.45. The number of benzene rings is 1. The van der Waals surface area contributed by atoms with E-state index in [4.69, 9.17) is 0 Å². The zero-order chi connectivity index (χ0) is 7.26. The smallest absolute Gasteiger partial charge is 0.114 e. The topological polar surface area (TPSA) is 30.2 Å². The molecule has 0 aliphatic rings. The maximum atomic E-state index is 3.99. The van der Waals surface area contributed by atoms with E-state index in [1.807, 2.05) is 24.4 Å². The van der Waals surface area contributed by atoms with Gasteiger partial charge in [-0.05, 0) is 12.1 Å². The average molecular weight is 143 g/mol. The van der Waals surface area contributed by atoms with Gasteiger partial charge in [-0.25, -0.2) is 4.52 Å². The standard InChI is InChI=1S/C8H5N3/c1-2-6-4-5-11-8(6)7(3-1)9-10-11/h1-5H. The molecule has 0 aliphatic heterocycles. The Hall–Kier alpha value is -1.64. The van der Waals surface area contributed by atoms with Crippen LogP contribution in [0.4, 0.5) is 0 Å². The van der Waals surface area contributed by atoms with Crippen molar-refractivity contribution in [3.8, 4) is 0 Å². The molecule has 0 bridgehead atoms. The summed E-state index contributed by atoms with van der Waals surface area (Å²) in [5.41, 5.74) is 2.08. The van der Waals surface area contributed by atoms with Crippen molar-refractivity contribution < 1.29 is 0 Å². The summed E-state index contributed by atoms with van der Waals surface area (Å²) in [6.45, 7) is 0. The minimum absolute atomic E-state index is 0.965. The number of aromatic nitrogens is 3. The zero-order valence-corrected chi connectivity index (χ0v) is 5.73. The van der Waals surface area contributed by atoms with Crippen molar-refractivity contribution in [1.82, 2.24) is 14.8 Å². The Morgan fingerprint density at radius 3 is 3.18 bits per heavy atom. The molecule has 2 aromatic heterocycles. The highest BCUT2D eigenvalue weighted by Crippen LogP contribution is 2.18. The normalized spacial score (nSPS) is 11.6. The molecular weight excluding hydrogens is 138 g/mol. The molecule has 11 heavy (non-hydrogen) atoms. The lowest BCUT2D eigenvalue weighted by Gasteiger charge is -1.84. The van der Waals surface area contributed by atoms with Crippen LogP contribution in [0.5, 0.6) is 0 Å². The second kappa shape index (κ2) is 1.50. The van der Waals surface area contributed by atoms with E-state index in [0.717, 1.165) is 11.0 Å². The number of hydrogen-bond acceptors (Lipinski definition) is 2. The Labute approximate surface area is 62.6 Å². The maximum Gasteiger partial charge on any atom is 0.114 e. The summed E-state index contributed by atoms with van der Waals surface area (Å²) in [5, 5.41) is 9.14. The van der Waals surface area contributed by atoms with Gasteiger partial charge in [0.2, 0.25) is 0 Å². The molecule has 3 heteroatoms. The Balaban J connectivity index is 2.83. The second-order valence-electron chi connectivity index (χ2n) is 2.56. The van der Waals surface area contributed by atoms with Gasteiger partial charge in [0.1, 0.15) is 11.0 Å². The van der Waals surface area contributed by atoms with E-state index >= 15 is 0 Å². The second-order valence-corrected chi connectivity index (χ2v) is 2.56. The van der Waals surface area contributed by atoms with Crippen molar-refractivity contribution in [3.05, 3.63) is 30.5 Å². The molecule has 0 aliphatic carbocycles. The first-order valence-corrected chi connectivity index (χ1v) is 3.47. The van der Waals surface area contributed by atoms with Crippen LogP contribution in [0.1, 0.15) is 0 Å². The Bertz CT molecular complexity index is 446. The van der Waals surface area contributed by atoms with E-state index in [1.165, 1.54) is 5.39 Å². The van der Waals surface area contributed by atoms with E-state index in [-0.39, 0.29) is 0 Å². The van der Waals surface area contributed by atoms with Crippen LogP contribution in [-0.4, -0.2) is 14.8 Å². The fraction of sp³-hybridized carbons (Fsp3) is 0. The number of para-hydroxylation sites is 1. The lowest BCUT2D eigenvalue weighted by Crippen LogP contribution is -1.77. The van der Waals surface area contributed by atoms with Crippen molar-refractivity contribution in [2.45, 2.75) is 0 Å². The third-order valence-corrected chi connectivity index (χ3v) is 1.92.